The molecule has 2 aromatic carbocycles. The number of benzene rings is 2. The van der Waals surface area contributed by atoms with Gasteiger partial charge in [0.2, 0.25) is 10.0 Å². The number of halogens is 2. The second-order valence-corrected chi connectivity index (χ2v) is 7.43. The van der Waals surface area contributed by atoms with Gasteiger partial charge in [-0.1, -0.05) is 35.3 Å². The van der Waals surface area contributed by atoms with Gasteiger partial charge in [-0.3, -0.25) is 0 Å². The summed E-state index contributed by atoms with van der Waals surface area (Å²) in [5.41, 5.74) is 0.458. The zero-order chi connectivity index (χ0) is 15.9. The highest BCUT2D eigenvalue weighted by Crippen LogP contribution is 2.20. The number of nitrogens with zero attached hydrogens (tertiary/aromatic N) is 1. The molecule has 1 aromatic heterocycles. The minimum atomic E-state index is -3.89. The molecule has 5 nitrogen and oxygen atoms in total. The molecule has 0 amide bonds. The van der Waals surface area contributed by atoms with Crippen LogP contribution in [0.3, 0.4) is 0 Å². The first-order valence-corrected chi connectivity index (χ1v) is 8.61. The molecule has 114 valence electrons. The highest BCUT2D eigenvalue weighted by Gasteiger charge is 2.21. The molecule has 0 aliphatic rings. The van der Waals surface area contributed by atoms with E-state index >= 15 is 0 Å². The summed E-state index contributed by atoms with van der Waals surface area (Å²) in [7, 11) is -3.89. The summed E-state index contributed by atoms with van der Waals surface area (Å²) in [6.45, 7) is 0. The summed E-state index contributed by atoms with van der Waals surface area (Å²) in [4.78, 5) is 14.5. The Labute approximate surface area is 136 Å². The van der Waals surface area contributed by atoms with Gasteiger partial charge in [-0.05, 0) is 35.9 Å². The monoisotopic (exact) mass is 356 g/mol. The highest BCUT2D eigenvalue weighted by molar-refractivity contribution is 7.89. The van der Waals surface area contributed by atoms with Gasteiger partial charge in [0.05, 0.1) is 16.8 Å². The predicted molar refractivity (Wildman–Crippen MR) is 87.0 cm³/mol. The lowest BCUT2D eigenvalue weighted by atomic mass is 10.2. The molecule has 3 rings (SSSR count). The molecule has 0 aliphatic heterocycles. The molecule has 0 unspecified atom stereocenters. The van der Waals surface area contributed by atoms with Gasteiger partial charge in [-0.15, -0.1) is 0 Å². The van der Waals surface area contributed by atoms with Crippen LogP contribution in [0.5, 0.6) is 0 Å². The maximum atomic E-state index is 12.6. The minimum absolute atomic E-state index is 0.228. The Kier molecular flexibility index (Phi) is 3.76. The van der Waals surface area contributed by atoms with Gasteiger partial charge >= 0.3 is 5.69 Å². The van der Waals surface area contributed by atoms with Gasteiger partial charge in [0.25, 0.3) is 0 Å². The fourth-order valence-electron chi connectivity index (χ4n) is 2.19. The highest BCUT2D eigenvalue weighted by atomic mass is 35.5. The molecule has 0 spiro atoms. The van der Waals surface area contributed by atoms with Crippen LogP contribution in [-0.4, -0.2) is 17.4 Å². The normalized spacial score (nSPS) is 11.9. The topological polar surface area (TPSA) is 71.9 Å². The smallest absolute Gasteiger partial charge is 0.305 e. The van der Waals surface area contributed by atoms with Gasteiger partial charge in [-0.2, -0.15) is 3.97 Å². The molecule has 1 N–H and O–H groups in total. The molecule has 0 saturated carbocycles. The molecule has 8 heteroatoms. The summed E-state index contributed by atoms with van der Waals surface area (Å²) in [5, 5.41) is 0.860. The molecular formula is C14H10Cl2N2O3S. The average Bonchev–Trinajstić information content (AvgIpc) is 2.77. The van der Waals surface area contributed by atoms with Crippen molar-refractivity contribution >= 4 is 44.3 Å². The second-order valence-electron chi connectivity index (χ2n) is 4.74. The third-order valence-electron chi connectivity index (χ3n) is 3.15. The number of nitrogens with one attached hydrogen (secondary N) is 1. The van der Waals surface area contributed by atoms with Crippen molar-refractivity contribution in [2.75, 3.05) is 0 Å². The first-order valence-electron chi connectivity index (χ1n) is 6.25. The van der Waals surface area contributed by atoms with Gasteiger partial charge in [0.1, 0.15) is 0 Å². The van der Waals surface area contributed by atoms with Gasteiger partial charge in [0, 0.05) is 10.0 Å². The molecule has 0 radical (unpaired) electrons. The number of aromatic amines is 1. The maximum Gasteiger partial charge on any atom is 0.340 e. The number of imidazole rings is 1. The Morgan fingerprint density at radius 1 is 1.00 bits per heavy atom. The number of aromatic nitrogens is 2. The Balaban J connectivity index is 2.13. The minimum Gasteiger partial charge on any atom is -0.305 e. The molecular weight excluding hydrogens is 347 g/mol. The predicted octanol–water partition coefficient (Wildman–Crippen LogP) is 3.01. The summed E-state index contributed by atoms with van der Waals surface area (Å²) in [6, 6.07) is 11.0. The van der Waals surface area contributed by atoms with Gasteiger partial charge in [-0.25, -0.2) is 13.2 Å². The van der Waals surface area contributed by atoms with Crippen molar-refractivity contribution in [1.82, 2.24) is 8.96 Å². The fraction of sp³-hybridized carbons (Fsp3) is 0.0714. The molecule has 0 bridgehead atoms. The van der Waals surface area contributed by atoms with E-state index in [1.54, 1.807) is 36.4 Å². The van der Waals surface area contributed by atoms with E-state index in [1.165, 1.54) is 6.07 Å². The third-order valence-corrected chi connectivity index (χ3v) is 5.25. The van der Waals surface area contributed by atoms with Crippen LogP contribution in [-0.2, 0) is 15.8 Å². The Morgan fingerprint density at radius 2 is 1.64 bits per heavy atom. The molecule has 3 aromatic rings. The van der Waals surface area contributed by atoms with E-state index < -0.39 is 15.7 Å². The first-order chi connectivity index (χ1) is 10.4. The van der Waals surface area contributed by atoms with Crippen molar-refractivity contribution in [1.29, 1.82) is 0 Å². The zero-order valence-electron chi connectivity index (χ0n) is 11.1. The Hall–Kier alpha value is -1.76. The third kappa shape index (κ3) is 2.77. The van der Waals surface area contributed by atoms with E-state index in [0.29, 0.717) is 21.1 Å². The molecule has 0 atom stereocenters. The van der Waals surface area contributed by atoms with Gasteiger partial charge in [0.15, 0.2) is 0 Å². The average molecular weight is 357 g/mol. The lowest BCUT2D eigenvalue weighted by Gasteiger charge is -2.06. The van der Waals surface area contributed by atoms with E-state index in [2.05, 4.69) is 4.98 Å². The quantitative estimate of drug-likeness (QED) is 0.783. The van der Waals surface area contributed by atoms with Crippen LogP contribution >= 0.6 is 23.2 Å². The molecule has 1 heterocycles. The van der Waals surface area contributed by atoms with E-state index in [0.717, 1.165) is 3.97 Å². The molecule has 22 heavy (non-hydrogen) atoms. The summed E-state index contributed by atoms with van der Waals surface area (Å²) in [6.07, 6.45) is 0. The van der Waals surface area contributed by atoms with E-state index in [-0.39, 0.29) is 11.3 Å². The van der Waals surface area contributed by atoms with Crippen molar-refractivity contribution in [2.24, 2.45) is 0 Å². The van der Waals surface area contributed by atoms with Crippen LogP contribution < -0.4 is 5.69 Å². The summed E-state index contributed by atoms with van der Waals surface area (Å²) >= 11 is 11.7. The number of H-pyrrole nitrogens is 1. The van der Waals surface area contributed by atoms with Crippen molar-refractivity contribution in [3.63, 3.8) is 0 Å². The molecule has 0 fully saturated rings. The zero-order valence-corrected chi connectivity index (χ0v) is 13.4. The van der Waals surface area contributed by atoms with Crippen LogP contribution in [0.15, 0.2) is 47.3 Å². The van der Waals surface area contributed by atoms with E-state index in [4.69, 9.17) is 23.2 Å². The number of hydrogen-bond acceptors (Lipinski definition) is 3. The van der Waals surface area contributed by atoms with Crippen LogP contribution in [0.25, 0.3) is 11.0 Å². The SMILES string of the molecule is O=c1[nH]c2ccc(Cl)cc2n1S(=O)(=O)Cc1ccc(Cl)cc1. The largest absolute Gasteiger partial charge is 0.340 e. The summed E-state index contributed by atoms with van der Waals surface area (Å²) in [5.74, 6) is -0.316. The Morgan fingerprint density at radius 3 is 2.32 bits per heavy atom. The van der Waals surface area contributed by atoms with Crippen molar-refractivity contribution in [3.8, 4) is 0 Å². The maximum absolute atomic E-state index is 12.6. The van der Waals surface area contributed by atoms with Crippen molar-refractivity contribution in [3.05, 3.63) is 68.6 Å². The van der Waals surface area contributed by atoms with E-state index in [1.807, 2.05) is 0 Å². The number of hydrogen-bond donors (Lipinski definition) is 1. The molecule has 0 aliphatic carbocycles. The van der Waals surface area contributed by atoms with Crippen LogP contribution in [0.2, 0.25) is 10.0 Å². The number of fused-ring (bicyclic) bond motifs is 1. The van der Waals surface area contributed by atoms with Crippen LogP contribution in [0, 0.1) is 0 Å². The summed E-state index contributed by atoms with van der Waals surface area (Å²) < 4.78 is 25.9. The number of rotatable bonds is 3. The lowest BCUT2D eigenvalue weighted by Crippen LogP contribution is -2.26. The van der Waals surface area contributed by atoms with Crippen LogP contribution in [0.1, 0.15) is 5.56 Å². The van der Waals surface area contributed by atoms with Gasteiger partial charge < -0.3 is 4.98 Å². The lowest BCUT2D eigenvalue weighted by molar-refractivity contribution is 0.586. The molecule has 0 saturated heterocycles. The Bertz CT molecular complexity index is 1000. The van der Waals surface area contributed by atoms with E-state index in [9.17, 15) is 13.2 Å². The fourth-order valence-corrected chi connectivity index (χ4v) is 3.97. The van der Waals surface area contributed by atoms with Crippen LogP contribution in [0.4, 0.5) is 0 Å². The second kappa shape index (κ2) is 5.46. The van der Waals surface area contributed by atoms with Crippen molar-refractivity contribution in [2.45, 2.75) is 5.75 Å². The first kappa shape index (κ1) is 15.1. The standard InChI is InChI=1S/C14H10Cl2N2O3S/c15-10-3-1-9(2-4-10)8-22(20,21)18-13-7-11(16)5-6-12(13)17-14(18)19/h1-7H,8H2,(H,17,19). The van der Waals surface area contributed by atoms with Crippen molar-refractivity contribution < 1.29 is 8.42 Å².